The summed E-state index contributed by atoms with van der Waals surface area (Å²) < 4.78 is 5.65. The predicted molar refractivity (Wildman–Crippen MR) is 65.1 cm³/mol. The zero-order valence-electron chi connectivity index (χ0n) is 10.4. The molecule has 2 nitrogen and oxygen atoms in total. The van der Waals surface area contributed by atoms with E-state index in [9.17, 15) is 0 Å². The third-order valence-corrected chi connectivity index (χ3v) is 3.76. The maximum absolute atomic E-state index is 5.65. The summed E-state index contributed by atoms with van der Waals surface area (Å²) in [6, 6.07) is 0.526. The molecule has 1 N–H and O–H groups in total. The van der Waals surface area contributed by atoms with Crippen molar-refractivity contribution in [2.45, 2.75) is 57.1 Å². The van der Waals surface area contributed by atoms with Crippen LogP contribution in [0.4, 0.5) is 0 Å². The standard InChI is InChI=1S/C13H25NO/c1-5-11(2)9-12(14-3)10-13(15-4)7-6-8-13/h12,14H,2,5-10H2,1,3-4H3. The molecule has 0 amide bonds. The first-order valence-corrected chi connectivity index (χ1v) is 6.05. The van der Waals surface area contributed by atoms with E-state index in [2.05, 4.69) is 18.8 Å². The highest BCUT2D eigenvalue weighted by Gasteiger charge is 2.38. The van der Waals surface area contributed by atoms with Crippen molar-refractivity contribution in [1.29, 1.82) is 0 Å². The van der Waals surface area contributed by atoms with Crippen molar-refractivity contribution in [3.63, 3.8) is 0 Å². The molecule has 1 aliphatic carbocycles. The molecule has 0 aromatic carbocycles. The number of hydrogen-bond acceptors (Lipinski definition) is 2. The maximum Gasteiger partial charge on any atom is 0.0693 e. The molecule has 88 valence electrons. The number of methoxy groups -OCH3 is 1. The van der Waals surface area contributed by atoms with E-state index in [1.165, 1.54) is 24.8 Å². The molecule has 0 radical (unpaired) electrons. The molecule has 15 heavy (non-hydrogen) atoms. The fourth-order valence-corrected chi connectivity index (χ4v) is 2.28. The first-order chi connectivity index (χ1) is 7.15. The molecule has 0 heterocycles. The predicted octanol–water partition coefficient (Wildman–Crippen LogP) is 2.89. The molecule has 0 saturated heterocycles. The quantitative estimate of drug-likeness (QED) is 0.654. The monoisotopic (exact) mass is 211 g/mol. The fraction of sp³-hybridized carbons (Fsp3) is 0.846. The van der Waals surface area contributed by atoms with Crippen LogP contribution in [0.5, 0.6) is 0 Å². The molecular formula is C13H25NO. The first kappa shape index (κ1) is 12.7. The van der Waals surface area contributed by atoms with E-state index in [-0.39, 0.29) is 5.60 Å². The SMILES string of the molecule is C=C(CC)CC(CC1(OC)CCC1)NC. The van der Waals surface area contributed by atoms with Crippen LogP contribution in [0.2, 0.25) is 0 Å². The van der Waals surface area contributed by atoms with Gasteiger partial charge in [-0.1, -0.05) is 19.1 Å². The summed E-state index contributed by atoms with van der Waals surface area (Å²) in [7, 11) is 3.89. The molecule has 1 saturated carbocycles. The molecule has 0 aromatic rings. The van der Waals surface area contributed by atoms with Gasteiger partial charge < -0.3 is 10.1 Å². The lowest BCUT2D eigenvalue weighted by atomic mass is 9.75. The highest BCUT2D eigenvalue weighted by molar-refractivity contribution is 5.00. The van der Waals surface area contributed by atoms with Crippen molar-refractivity contribution < 1.29 is 4.74 Å². The van der Waals surface area contributed by atoms with Gasteiger partial charge in [-0.2, -0.15) is 0 Å². The van der Waals surface area contributed by atoms with Crippen LogP contribution >= 0.6 is 0 Å². The Labute approximate surface area is 94.1 Å². The van der Waals surface area contributed by atoms with Gasteiger partial charge in [0.2, 0.25) is 0 Å². The number of ether oxygens (including phenoxy) is 1. The zero-order valence-corrected chi connectivity index (χ0v) is 10.4. The normalized spacial score (nSPS) is 20.7. The van der Waals surface area contributed by atoms with Gasteiger partial charge >= 0.3 is 0 Å². The summed E-state index contributed by atoms with van der Waals surface area (Å²) in [5.74, 6) is 0. The average molecular weight is 211 g/mol. The minimum Gasteiger partial charge on any atom is -0.378 e. The Morgan fingerprint density at radius 1 is 1.53 bits per heavy atom. The van der Waals surface area contributed by atoms with Gasteiger partial charge in [0.05, 0.1) is 5.60 Å². The summed E-state index contributed by atoms with van der Waals surface area (Å²) in [5, 5.41) is 3.38. The van der Waals surface area contributed by atoms with Gasteiger partial charge in [-0.25, -0.2) is 0 Å². The van der Waals surface area contributed by atoms with Gasteiger partial charge in [-0.05, 0) is 45.6 Å². The second kappa shape index (κ2) is 5.66. The van der Waals surface area contributed by atoms with E-state index >= 15 is 0 Å². The molecule has 2 heteroatoms. The topological polar surface area (TPSA) is 21.3 Å². The van der Waals surface area contributed by atoms with E-state index in [0.717, 1.165) is 19.3 Å². The zero-order chi connectivity index (χ0) is 11.3. The minimum atomic E-state index is 0.168. The summed E-state index contributed by atoms with van der Waals surface area (Å²) in [6.07, 6.45) is 7.05. The minimum absolute atomic E-state index is 0.168. The van der Waals surface area contributed by atoms with Gasteiger partial charge in [0.25, 0.3) is 0 Å². The molecule has 1 rings (SSSR count). The Hall–Kier alpha value is -0.340. The molecule has 1 unspecified atom stereocenters. The average Bonchev–Trinajstić information content (AvgIpc) is 2.21. The van der Waals surface area contributed by atoms with Crippen molar-refractivity contribution >= 4 is 0 Å². The molecule has 1 atom stereocenters. The second-order valence-corrected chi connectivity index (χ2v) is 4.74. The molecular weight excluding hydrogens is 186 g/mol. The summed E-state index contributed by atoms with van der Waals surface area (Å²) in [5.41, 5.74) is 1.50. The van der Waals surface area contributed by atoms with E-state index in [1.54, 1.807) is 0 Å². The Morgan fingerprint density at radius 2 is 2.20 bits per heavy atom. The summed E-state index contributed by atoms with van der Waals surface area (Å²) >= 11 is 0. The smallest absolute Gasteiger partial charge is 0.0693 e. The summed E-state index contributed by atoms with van der Waals surface area (Å²) in [6.45, 7) is 6.25. The van der Waals surface area contributed by atoms with Crippen LogP contribution in [0, 0.1) is 0 Å². The van der Waals surface area contributed by atoms with Crippen LogP contribution in [0.25, 0.3) is 0 Å². The van der Waals surface area contributed by atoms with E-state index < -0.39 is 0 Å². The lowest BCUT2D eigenvalue weighted by Crippen LogP contribution is -2.45. The Bertz CT molecular complexity index is 203. The van der Waals surface area contributed by atoms with E-state index in [0.29, 0.717) is 6.04 Å². The first-order valence-electron chi connectivity index (χ1n) is 6.05. The van der Waals surface area contributed by atoms with Crippen molar-refractivity contribution in [3.8, 4) is 0 Å². The van der Waals surface area contributed by atoms with E-state index in [1.807, 2.05) is 14.2 Å². The third kappa shape index (κ3) is 3.32. The number of nitrogens with one attached hydrogen (secondary N) is 1. The maximum atomic E-state index is 5.65. The Morgan fingerprint density at radius 3 is 2.53 bits per heavy atom. The van der Waals surface area contributed by atoms with Crippen molar-refractivity contribution in [1.82, 2.24) is 5.32 Å². The van der Waals surface area contributed by atoms with Gasteiger partial charge in [-0.3, -0.25) is 0 Å². The molecule has 0 aromatic heterocycles. The van der Waals surface area contributed by atoms with E-state index in [4.69, 9.17) is 4.74 Å². The van der Waals surface area contributed by atoms with Gasteiger partial charge in [0.1, 0.15) is 0 Å². The van der Waals surface area contributed by atoms with Crippen LogP contribution < -0.4 is 5.32 Å². The highest BCUT2D eigenvalue weighted by atomic mass is 16.5. The molecule has 1 aliphatic rings. The van der Waals surface area contributed by atoms with Gasteiger partial charge in [-0.15, -0.1) is 0 Å². The number of rotatable bonds is 7. The van der Waals surface area contributed by atoms with Gasteiger partial charge in [0.15, 0.2) is 0 Å². The van der Waals surface area contributed by atoms with Gasteiger partial charge in [0, 0.05) is 13.2 Å². The van der Waals surface area contributed by atoms with Crippen LogP contribution in [0.1, 0.15) is 45.4 Å². The lowest BCUT2D eigenvalue weighted by molar-refractivity contribution is -0.0830. The largest absolute Gasteiger partial charge is 0.378 e. The van der Waals surface area contributed by atoms with Crippen molar-refractivity contribution in [2.24, 2.45) is 0 Å². The molecule has 0 aliphatic heterocycles. The molecule has 1 fully saturated rings. The Balaban J connectivity index is 2.41. The second-order valence-electron chi connectivity index (χ2n) is 4.74. The number of hydrogen-bond donors (Lipinski definition) is 1. The van der Waals surface area contributed by atoms with Crippen LogP contribution in [-0.2, 0) is 4.74 Å². The van der Waals surface area contributed by atoms with Crippen LogP contribution in [0.15, 0.2) is 12.2 Å². The molecule has 0 bridgehead atoms. The Kier molecular flexibility index (Phi) is 4.81. The third-order valence-electron chi connectivity index (χ3n) is 3.76. The fourth-order valence-electron chi connectivity index (χ4n) is 2.28. The molecule has 0 spiro atoms. The highest BCUT2D eigenvalue weighted by Crippen LogP contribution is 2.39. The van der Waals surface area contributed by atoms with Crippen molar-refractivity contribution in [3.05, 3.63) is 12.2 Å². The lowest BCUT2D eigenvalue weighted by Gasteiger charge is -2.43. The van der Waals surface area contributed by atoms with Crippen molar-refractivity contribution in [2.75, 3.05) is 14.2 Å². The van der Waals surface area contributed by atoms with Crippen LogP contribution in [0.3, 0.4) is 0 Å². The van der Waals surface area contributed by atoms with Crippen LogP contribution in [-0.4, -0.2) is 25.8 Å². The summed E-state index contributed by atoms with van der Waals surface area (Å²) in [4.78, 5) is 0.